The number of nitrogens with zero attached hydrogens (tertiary/aromatic N) is 2. The molecule has 0 radical (unpaired) electrons. The molecule has 2 rings (SSSR count). The molecule has 0 saturated carbocycles. The lowest BCUT2D eigenvalue weighted by Crippen LogP contribution is -2.42. The number of amides is 2. The highest BCUT2D eigenvalue weighted by Crippen LogP contribution is 2.07. The van der Waals surface area contributed by atoms with Gasteiger partial charge in [0, 0.05) is 38.8 Å². The van der Waals surface area contributed by atoms with Gasteiger partial charge in [-0.1, -0.05) is 0 Å². The second-order valence-corrected chi connectivity index (χ2v) is 5.08. The molecule has 1 atom stereocenters. The predicted octanol–water partition coefficient (Wildman–Crippen LogP) is 0.0855. The second kappa shape index (κ2) is 6.21. The van der Waals surface area contributed by atoms with Crippen molar-refractivity contribution in [1.29, 1.82) is 0 Å². The van der Waals surface area contributed by atoms with E-state index in [4.69, 9.17) is 0 Å². The molecule has 98 valence electrons. The lowest BCUT2D eigenvalue weighted by Gasteiger charge is -2.22. The summed E-state index contributed by atoms with van der Waals surface area (Å²) in [7, 11) is 0. The van der Waals surface area contributed by atoms with Crippen LogP contribution in [0.25, 0.3) is 0 Å². The van der Waals surface area contributed by atoms with Gasteiger partial charge in [0.15, 0.2) is 0 Å². The van der Waals surface area contributed by atoms with Crippen LogP contribution in [0.15, 0.2) is 0 Å². The number of hydrogen-bond acceptors (Lipinski definition) is 3. The minimum Gasteiger partial charge on any atom is -0.336 e. The highest BCUT2D eigenvalue weighted by molar-refractivity contribution is 5.76. The van der Waals surface area contributed by atoms with Gasteiger partial charge in [0.25, 0.3) is 0 Å². The predicted molar refractivity (Wildman–Crippen MR) is 68.1 cm³/mol. The number of rotatable bonds is 6. The Morgan fingerprint density at radius 2 is 2.12 bits per heavy atom. The van der Waals surface area contributed by atoms with Crippen molar-refractivity contribution in [2.75, 3.05) is 45.8 Å². The fourth-order valence-electron chi connectivity index (χ4n) is 2.59. The number of likely N-dealkylation sites (tertiary alicyclic amines) is 1. The molecule has 2 aliphatic rings. The maximum atomic E-state index is 11.3. The maximum Gasteiger partial charge on any atom is 0.317 e. The summed E-state index contributed by atoms with van der Waals surface area (Å²) in [6, 6.07) is 0.595. The summed E-state index contributed by atoms with van der Waals surface area (Å²) in [5.41, 5.74) is 0. The zero-order chi connectivity index (χ0) is 12.1. The minimum absolute atomic E-state index is 0.0824. The number of carbonyl (C=O) groups is 1. The van der Waals surface area contributed by atoms with Crippen LogP contribution in [0.1, 0.15) is 19.8 Å². The van der Waals surface area contributed by atoms with Crippen molar-refractivity contribution in [1.82, 2.24) is 20.4 Å². The average Bonchev–Trinajstić information content (AvgIpc) is 2.91. The van der Waals surface area contributed by atoms with E-state index >= 15 is 0 Å². The smallest absolute Gasteiger partial charge is 0.317 e. The largest absolute Gasteiger partial charge is 0.336 e. The fraction of sp³-hybridized carbons (Fsp3) is 0.917. The van der Waals surface area contributed by atoms with E-state index in [2.05, 4.69) is 22.5 Å². The maximum absolute atomic E-state index is 11.3. The van der Waals surface area contributed by atoms with Crippen LogP contribution >= 0.6 is 0 Å². The molecule has 2 N–H and O–H groups in total. The Kier molecular flexibility index (Phi) is 4.62. The molecule has 0 aromatic carbocycles. The summed E-state index contributed by atoms with van der Waals surface area (Å²) in [6.45, 7) is 9.21. The third kappa shape index (κ3) is 3.85. The molecule has 5 nitrogen and oxygen atoms in total. The van der Waals surface area contributed by atoms with Crippen molar-refractivity contribution >= 4 is 6.03 Å². The van der Waals surface area contributed by atoms with Crippen LogP contribution in [-0.2, 0) is 0 Å². The number of carbonyl (C=O) groups excluding carboxylic acids is 1. The van der Waals surface area contributed by atoms with Gasteiger partial charge in [0.2, 0.25) is 0 Å². The Labute approximate surface area is 104 Å². The highest BCUT2D eigenvalue weighted by atomic mass is 16.2. The number of nitrogens with one attached hydrogen (secondary N) is 2. The number of urea groups is 1. The highest BCUT2D eigenvalue weighted by Gasteiger charge is 2.19. The minimum atomic E-state index is 0.0824. The van der Waals surface area contributed by atoms with Gasteiger partial charge in [-0.15, -0.1) is 0 Å². The van der Waals surface area contributed by atoms with Crippen LogP contribution in [0.3, 0.4) is 0 Å². The van der Waals surface area contributed by atoms with Gasteiger partial charge in [0.05, 0.1) is 0 Å². The van der Waals surface area contributed by atoms with E-state index in [1.165, 1.54) is 25.9 Å². The van der Waals surface area contributed by atoms with Gasteiger partial charge in [-0.05, 0) is 32.9 Å². The van der Waals surface area contributed by atoms with Gasteiger partial charge < -0.3 is 20.4 Å². The molecule has 2 heterocycles. The summed E-state index contributed by atoms with van der Waals surface area (Å²) >= 11 is 0. The lowest BCUT2D eigenvalue weighted by atomic mass is 10.3. The van der Waals surface area contributed by atoms with E-state index in [1.807, 2.05) is 4.90 Å². The topological polar surface area (TPSA) is 47.6 Å². The molecule has 2 fully saturated rings. The molecule has 0 aliphatic carbocycles. The van der Waals surface area contributed by atoms with Gasteiger partial charge >= 0.3 is 6.03 Å². The van der Waals surface area contributed by atoms with Gasteiger partial charge in [0.1, 0.15) is 0 Å². The van der Waals surface area contributed by atoms with E-state index in [9.17, 15) is 4.79 Å². The van der Waals surface area contributed by atoms with Crippen LogP contribution in [0.2, 0.25) is 0 Å². The first kappa shape index (κ1) is 12.6. The van der Waals surface area contributed by atoms with E-state index in [1.54, 1.807) is 0 Å². The fourth-order valence-corrected chi connectivity index (χ4v) is 2.59. The molecule has 1 unspecified atom stereocenters. The Morgan fingerprint density at radius 3 is 2.76 bits per heavy atom. The summed E-state index contributed by atoms with van der Waals surface area (Å²) < 4.78 is 0. The molecule has 2 saturated heterocycles. The Balaban J connectivity index is 1.56. The summed E-state index contributed by atoms with van der Waals surface area (Å²) in [6.07, 6.45) is 2.70. The first-order valence-corrected chi connectivity index (χ1v) is 6.74. The quantitative estimate of drug-likeness (QED) is 0.691. The Morgan fingerprint density at radius 1 is 1.35 bits per heavy atom. The van der Waals surface area contributed by atoms with Crippen molar-refractivity contribution in [3.63, 3.8) is 0 Å². The van der Waals surface area contributed by atoms with Crippen LogP contribution in [0.5, 0.6) is 0 Å². The van der Waals surface area contributed by atoms with E-state index in [0.717, 1.165) is 32.7 Å². The lowest BCUT2D eigenvalue weighted by molar-refractivity contribution is 0.216. The molecule has 2 amide bonds. The van der Waals surface area contributed by atoms with Crippen LogP contribution in [-0.4, -0.2) is 67.7 Å². The SMILES string of the molecule is CC(CN1CCCC1)NCCN1CCNC1=O. The van der Waals surface area contributed by atoms with Gasteiger partial charge in [-0.3, -0.25) is 0 Å². The molecular weight excluding hydrogens is 216 g/mol. The van der Waals surface area contributed by atoms with E-state index in [-0.39, 0.29) is 6.03 Å². The normalized spacial score (nSPS) is 23.1. The van der Waals surface area contributed by atoms with Crippen molar-refractivity contribution in [3.8, 4) is 0 Å². The molecule has 0 spiro atoms. The average molecular weight is 240 g/mol. The van der Waals surface area contributed by atoms with Crippen molar-refractivity contribution in [2.24, 2.45) is 0 Å². The summed E-state index contributed by atoms with van der Waals surface area (Å²) in [5.74, 6) is 0. The standard InChI is InChI=1S/C12H24N4O/c1-11(10-15-6-2-3-7-15)13-4-8-16-9-5-14-12(16)17/h11,13H,2-10H2,1H3,(H,14,17). The van der Waals surface area contributed by atoms with Crippen LogP contribution < -0.4 is 10.6 Å². The number of hydrogen-bond donors (Lipinski definition) is 2. The molecule has 17 heavy (non-hydrogen) atoms. The molecular formula is C12H24N4O. The third-order valence-electron chi connectivity index (χ3n) is 3.55. The van der Waals surface area contributed by atoms with Gasteiger partial charge in [-0.2, -0.15) is 0 Å². The monoisotopic (exact) mass is 240 g/mol. The van der Waals surface area contributed by atoms with E-state index < -0.39 is 0 Å². The zero-order valence-electron chi connectivity index (χ0n) is 10.7. The third-order valence-corrected chi connectivity index (χ3v) is 3.55. The summed E-state index contributed by atoms with van der Waals surface area (Å²) in [5, 5.41) is 6.31. The Bertz CT molecular complexity index is 253. The molecule has 2 aliphatic heterocycles. The van der Waals surface area contributed by atoms with Crippen molar-refractivity contribution in [2.45, 2.75) is 25.8 Å². The zero-order valence-corrected chi connectivity index (χ0v) is 10.7. The van der Waals surface area contributed by atoms with Crippen molar-refractivity contribution in [3.05, 3.63) is 0 Å². The second-order valence-electron chi connectivity index (χ2n) is 5.08. The molecule has 0 aromatic heterocycles. The Hall–Kier alpha value is -0.810. The molecule has 0 bridgehead atoms. The summed E-state index contributed by atoms with van der Waals surface area (Å²) in [4.78, 5) is 15.7. The van der Waals surface area contributed by atoms with E-state index in [0.29, 0.717) is 6.04 Å². The van der Waals surface area contributed by atoms with Crippen molar-refractivity contribution < 1.29 is 4.79 Å². The van der Waals surface area contributed by atoms with Crippen LogP contribution in [0.4, 0.5) is 4.79 Å². The van der Waals surface area contributed by atoms with Crippen LogP contribution in [0, 0.1) is 0 Å². The first-order valence-electron chi connectivity index (χ1n) is 6.74. The first-order chi connectivity index (χ1) is 8.25. The van der Waals surface area contributed by atoms with Gasteiger partial charge in [-0.25, -0.2) is 4.79 Å². The molecule has 5 heteroatoms. The molecule has 0 aromatic rings.